The van der Waals surface area contributed by atoms with Gasteiger partial charge in [-0.2, -0.15) is 0 Å². The Morgan fingerprint density at radius 1 is 1.13 bits per heavy atom. The van der Waals surface area contributed by atoms with E-state index < -0.39 is 23.7 Å². The molecule has 39 heavy (non-hydrogen) atoms. The molecule has 2 heterocycles. The van der Waals surface area contributed by atoms with E-state index in [0.717, 1.165) is 33.0 Å². The predicted octanol–water partition coefficient (Wildman–Crippen LogP) is 6.43. The minimum atomic E-state index is -1.26. The number of rotatable bonds is 8. The van der Waals surface area contributed by atoms with Gasteiger partial charge in [-0.15, -0.1) is 11.3 Å². The van der Waals surface area contributed by atoms with Gasteiger partial charge in [-0.3, -0.25) is 4.79 Å². The molecule has 0 spiro atoms. The summed E-state index contributed by atoms with van der Waals surface area (Å²) in [6.07, 6.45) is 6.63. The van der Waals surface area contributed by atoms with E-state index in [0.29, 0.717) is 16.9 Å². The number of benzene rings is 2. The third-order valence-electron chi connectivity index (χ3n) is 6.63. The molecule has 0 radical (unpaired) electrons. The fourth-order valence-corrected chi connectivity index (χ4v) is 5.56. The molecule has 0 bridgehead atoms. The monoisotopic (exact) mass is 542 g/mol. The molecule has 0 fully saturated rings. The third-order valence-corrected chi connectivity index (χ3v) is 7.88. The molecule has 1 aliphatic carbocycles. The number of furan rings is 1. The summed E-state index contributed by atoms with van der Waals surface area (Å²) >= 11 is 1.52. The standard InChI is InChI=1S/C31H27FN2O4S/c1-18-2-5-20(6-3-18)26-12-13-27(38-26)30(35)34-25(31(36)37)17-19-4-11-23(24(32)16-19)29-15-14-28(39-29)21-7-9-22(33)10-8-21/h2-7,9-16,21,25H,8,17,33H2,1H3,(H,34,35)(H,36,37). The number of hydrogen-bond acceptors (Lipinski definition) is 5. The van der Waals surface area contributed by atoms with Crippen molar-refractivity contribution in [1.29, 1.82) is 0 Å². The van der Waals surface area contributed by atoms with Gasteiger partial charge in [0.2, 0.25) is 0 Å². The van der Waals surface area contributed by atoms with Crippen LogP contribution in [0.3, 0.4) is 0 Å². The Bertz CT molecular complexity index is 1580. The smallest absolute Gasteiger partial charge is 0.326 e. The van der Waals surface area contributed by atoms with Crippen molar-refractivity contribution in [2.45, 2.75) is 31.7 Å². The lowest BCUT2D eigenvalue weighted by molar-refractivity contribution is -0.139. The number of hydrogen-bond donors (Lipinski definition) is 3. The Morgan fingerprint density at radius 2 is 1.92 bits per heavy atom. The van der Waals surface area contributed by atoms with Crippen LogP contribution in [0.5, 0.6) is 0 Å². The molecule has 1 aliphatic rings. The molecular weight excluding hydrogens is 515 g/mol. The van der Waals surface area contributed by atoms with E-state index in [-0.39, 0.29) is 18.1 Å². The van der Waals surface area contributed by atoms with E-state index in [1.54, 1.807) is 18.2 Å². The molecule has 2 unspecified atom stereocenters. The van der Waals surface area contributed by atoms with Gasteiger partial charge in [-0.1, -0.05) is 54.1 Å². The Labute approximate surface area is 229 Å². The molecule has 4 N–H and O–H groups in total. The molecule has 0 saturated carbocycles. The van der Waals surface area contributed by atoms with E-state index in [4.69, 9.17) is 10.2 Å². The number of halogens is 1. The zero-order valence-corrected chi connectivity index (χ0v) is 22.0. The zero-order chi connectivity index (χ0) is 27.5. The number of aryl methyl sites for hydroxylation is 1. The second kappa shape index (κ2) is 11.1. The summed E-state index contributed by atoms with van der Waals surface area (Å²) in [5, 5.41) is 12.2. The van der Waals surface area contributed by atoms with Gasteiger partial charge < -0.3 is 20.6 Å². The predicted molar refractivity (Wildman–Crippen MR) is 150 cm³/mol. The Morgan fingerprint density at radius 3 is 2.62 bits per heavy atom. The minimum absolute atomic E-state index is 0.00200. The first-order chi connectivity index (χ1) is 18.8. The average Bonchev–Trinajstić information content (AvgIpc) is 3.60. The summed E-state index contributed by atoms with van der Waals surface area (Å²) in [5.41, 5.74) is 9.35. The van der Waals surface area contributed by atoms with Crippen LogP contribution in [0, 0.1) is 12.7 Å². The maximum absolute atomic E-state index is 15.1. The topological polar surface area (TPSA) is 106 Å². The van der Waals surface area contributed by atoms with Gasteiger partial charge in [0.1, 0.15) is 17.6 Å². The van der Waals surface area contributed by atoms with Gasteiger partial charge in [-0.05, 0) is 55.3 Å². The van der Waals surface area contributed by atoms with Crippen LogP contribution in [0.2, 0.25) is 0 Å². The van der Waals surface area contributed by atoms with Gasteiger partial charge in [0, 0.05) is 38.9 Å². The largest absolute Gasteiger partial charge is 0.480 e. The lowest BCUT2D eigenvalue weighted by Crippen LogP contribution is -2.42. The first-order valence-corrected chi connectivity index (χ1v) is 13.3. The van der Waals surface area contributed by atoms with Crippen LogP contribution in [0.4, 0.5) is 4.39 Å². The highest BCUT2D eigenvalue weighted by molar-refractivity contribution is 7.15. The second-order valence-electron chi connectivity index (χ2n) is 9.52. The maximum Gasteiger partial charge on any atom is 0.326 e. The molecule has 2 aromatic carbocycles. The number of carboxylic acids is 1. The van der Waals surface area contributed by atoms with Gasteiger partial charge in [-0.25, -0.2) is 9.18 Å². The minimum Gasteiger partial charge on any atom is -0.480 e. The van der Waals surface area contributed by atoms with Crippen molar-refractivity contribution in [3.05, 3.63) is 118 Å². The highest BCUT2D eigenvalue weighted by atomic mass is 32.1. The van der Waals surface area contributed by atoms with Crippen LogP contribution in [-0.4, -0.2) is 23.0 Å². The van der Waals surface area contributed by atoms with Gasteiger partial charge in [0.05, 0.1) is 0 Å². The number of carbonyl (C=O) groups is 2. The molecule has 6 nitrogen and oxygen atoms in total. The first-order valence-electron chi connectivity index (χ1n) is 12.5. The first kappa shape index (κ1) is 26.2. The highest BCUT2D eigenvalue weighted by Crippen LogP contribution is 2.37. The number of aliphatic carboxylic acids is 1. The Balaban J connectivity index is 1.26. The van der Waals surface area contributed by atoms with Crippen molar-refractivity contribution in [2.24, 2.45) is 5.73 Å². The third kappa shape index (κ3) is 6.02. The lowest BCUT2D eigenvalue weighted by Gasteiger charge is -2.14. The van der Waals surface area contributed by atoms with Crippen molar-refractivity contribution in [3.8, 4) is 21.8 Å². The summed E-state index contributed by atoms with van der Waals surface area (Å²) in [6.45, 7) is 1.97. The summed E-state index contributed by atoms with van der Waals surface area (Å²) in [7, 11) is 0. The van der Waals surface area contributed by atoms with Gasteiger partial charge in [0.15, 0.2) is 5.76 Å². The fraction of sp³-hybridized carbons (Fsp3) is 0.161. The fourth-order valence-electron chi connectivity index (χ4n) is 4.43. The molecule has 0 saturated heterocycles. The van der Waals surface area contributed by atoms with Crippen molar-refractivity contribution in [2.75, 3.05) is 0 Å². The van der Waals surface area contributed by atoms with Crippen molar-refractivity contribution < 1.29 is 23.5 Å². The van der Waals surface area contributed by atoms with E-state index in [1.807, 2.05) is 55.5 Å². The summed E-state index contributed by atoms with van der Waals surface area (Å²) in [4.78, 5) is 26.6. The molecule has 8 heteroatoms. The van der Waals surface area contributed by atoms with Crippen LogP contribution < -0.4 is 11.1 Å². The number of carboxylic acid groups (broad SMARTS) is 1. The van der Waals surface area contributed by atoms with E-state index >= 15 is 4.39 Å². The molecule has 1 amide bonds. The molecule has 5 rings (SSSR count). The van der Waals surface area contributed by atoms with Crippen molar-refractivity contribution in [1.82, 2.24) is 5.32 Å². The van der Waals surface area contributed by atoms with Crippen LogP contribution in [0.1, 0.15) is 38.9 Å². The molecule has 4 aromatic rings. The van der Waals surface area contributed by atoms with Crippen LogP contribution in [0.15, 0.2) is 95.1 Å². The number of amides is 1. The molecule has 2 atom stereocenters. The molecular formula is C31H27FN2O4S. The Hall–Kier alpha value is -4.43. The van der Waals surface area contributed by atoms with Crippen LogP contribution >= 0.6 is 11.3 Å². The van der Waals surface area contributed by atoms with Crippen LogP contribution in [-0.2, 0) is 11.2 Å². The maximum atomic E-state index is 15.1. The van der Waals surface area contributed by atoms with Crippen molar-refractivity contribution >= 4 is 23.2 Å². The van der Waals surface area contributed by atoms with Crippen LogP contribution in [0.25, 0.3) is 21.8 Å². The number of nitrogens with one attached hydrogen (secondary N) is 1. The lowest BCUT2D eigenvalue weighted by atomic mass is 9.98. The summed E-state index contributed by atoms with van der Waals surface area (Å²) in [6, 6.07) is 18.1. The average molecular weight is 543 g/mol. The highest BCUT2D eigenvalue weighted by Gasteiger charge is 2.24. The number of nitrogens with two attached hydrogens (primary N) is 1. The normalized spacial score (nSPS) is 15.5. The Kier molecular flexibility index (Phi) is 7.47. The SMILES string of the molecule is Cc1ccc(-c2ccc(C(=O)NC(Cc3ccc(-c4ccc(C5C=CC(N)=CC5)s4)c(F)c3)C(=O)O)o2)cc1. The molecule has 2 aromatic heterocycles. The number of carbonyl (C=O) groups excluding carboxylic acids is 1. The molecule has 198 valence electrons. The van der Waals surface area contributed by atoms with E-state index in [9.17, 15) is 14.7 Å². The van der Waals surface area contributed by atoms with Gasteiger partial charge >= 0.3 is 5.97 Å². The van der Waals surface area contributed by atoms with E-state index in [2.05, 4.69) is 11.4 Å². The molecule has 0 aliphatic heterocycles. The van der Waals surface area contributed by atoms with Gasteiger partial charge in [0.25, 0.3) is 5.91 Å². The quantitative estimate of drug-likeness (QED) is 0.238. The van der Waals surface area contributed by atoms with Crippen molar-refractivity contribution in [3.63, 3.8) is 0 Å². The summed E-state index contributed by atoms with van der Waals surface area (Å²) in [5.74, 6) is -1.62. The number of allylic oxidation sites excluding steroid dienone is 3. The zero-order valence-electron chi connectivity index (χ0n) is 21.2. The second-order valence-corrected chi connectivity index (χ2v) is 10.6. The number of thiophene rings is 1. The van der Waals surface area contributed by atoms with E-state index in [1.165, 1.54) is 23.5 Å². The summed E-state index contributed by atoms with van der Waals surface area (Å²) < 4.78 is 20.8.